The molecule has 0 atom stereocenters. The molecule has 0 heterocycles. The van der Waals surface area contributed by atoms with Crippen LogP contribution in [0.15, 0.2) is 42.5 Å². The molecule has 2 aromatic carbocycles. The summed E-state index contributed by atoms with van der Waals surface area (Å²) in [6.07, 6.45) is 0. The lowest BCUT2D eigenvalue weighted by molar-refractivity contribution is 0.0697. The number of carbonyl (C=O) groups is 1. The summed E-state index contributed by atoms with van der Waals surface area (Å²) in [4.78, 5) is 11.1. The van der Waals surface area contributed by atoms with Crippen LogP contribution >= 0.6 is 0 Å². The van der Waals surface area contributed by atoms with E-state index in [0.29, 0.717) is 16.9 Å². The highest BCUT2D eigenvalue weighted by Gasteiger charge is 2.11. The van der Waals surface area contributed by atoms with E-state index in [9.17, 15) is 4.79 Å². The molecule has 17 heavy (non-hydrogen) atoms. The molecule has 0 unspecified atom stereocenters. The topological polar surface area (TPSA) is 89.3 Å². The van der Waals surface area contributed by atoms with Crippen LogP contribution in [-0.2, 0) is 0 Å². The van der Waals surface area contributed by atoms with E-state index in [2.05, 4.69) is 0 Å². The number of rotatable bonds is 2. The number of nitrogens with two attached hydrogens (primary N) is 2. The molecule has 0 amide bonds. The van der Waals surface area contributed by atoms with E-state index in [1.807, 2.05) is 0 Å². The summed E-state index contributed by atoms with van der Waals surface area (Å²) in [5.41, 5.74) is 13.9. The van der Waals surface area contributed by atoms with E-state index in [1.54, 1.807) is 42.5 Å². The van der Waals surface area contributed by atoms with Crippen molar-refractivity contribution in [2.45, 2.75) is 0 Å². The number of carboxylic acids is 1. The molecule has 0 radical (unpaired) electrons. The number of nitrogen functional groups attached to an aromatic ring is 2. The third-order valence-corrected chi connectivity index (χ3v) is 2.56. The zero-order valence-electron chi connectivity index (χ0n) is 9.05. The van der Waals surface area contributed by atoms with Gasteiger partial charge in [0.05, 0.1) is 16.9 Å². The fourth-order valence-electron chi connectivity index (χ4n) is 1.66. The molecule has 86 valence electrons. The Hall–Kier alpha value is -2.49. The Labute approximate surface area is 98.5 Å². The number of carboxylic acid groups (broad SMARTS) is 1. The van der Waals surface area contributed by atoms with Crippen LogP contribution in [0.3, 0.4) is 0 Å². The summed E-state index contributed by atoms with van der Waals surface area (Å²) in [6, 6.07) is 11.9. The maximum Gasteiger partial charge on any atom is 0.336 e. The monoisotopic (exact) mass is 228 g/mol. The first-order valence-electron chi connectivity index (χ1n) is 5.07. The summed E-state index contributed by atoms with van der Waals surface area (Å²) < 4.78 is 0. The molecular weight excluding hydrogens is 216 g/mol. The minimum Gasteiger partial charge on any atom is -0.478 e. The number of anilines is 2. The Morgan fingerprint density at radius 3 is 2.35 bits per heavy atom. The van der Waals surface area contributed by atoms with Gasteiger partial charge in [0.2, 0.25) is 0 Å². The van der Waals surface area contributed by atoms with Crippen molar-refractivity contribution in [2.24, 2.45) is 0 Å². The third kappa shape index (κ3) is 2.06. The number of benzene rings is 2. The molecule has 0 aliphatic rings. The van der Waals surface area contributed by atoms with Crippen LogP contribution in [0.25, 0.3) is 11.1 Å². The van der Waals surface area contributed by atoms with Gasteiger partial charge in [-0.1, -0.05) is 24.3 Å². The largest absolute Gasteiger partial charge is 0.478 e. The second-order valence-corrected chi connectivity index (χ2v) is 3.69. The fraction of sp³-hybridized carbons (Fsp3) is 0. The predicted molar refractivity (Wildman–Crippen MR) is 67.7 cm³/mol. The van der Waals surface area contributed by atoms with E-state index in [1.165, 1.54) is 0 Å². The Bertz CT molecular complexity index is 579. The Balaban J connectivity index is 2.60. The molecule has 2 aromatic rings. The number of hydrogen-bond donors (Lipinski definition) is 3. The first kappa shape index (κ1) is 11.0. The van der Waals surface area contributed by atoms with Gasteiger partial charge >= 0.3 is 5.97 Å². The molecule has 0 aromatic heterocycles. The Morgan fingerprint density at radius 2 is 1.71 bits per heavy atom. The highest BCUT2D eigenvalue weighted by molar-refractivity contribution is 5.96. The van der Waals surface area contributed by atoms with Gasteiger partial charge in [0.25, 0.3) is 0 Å². The van der Waals surface area contributed by atoms with E-state index >= 15 is 0 Å². The summed E-state index contributed by atoms with van der Waals surface area (Å²) >= 11 is 0. The van der Waals surface area contributed by atoms with Crippen molar-refractivity contribution in [1.82, 2.24) is 0 Å². The summed E-state index contributed by atoms with van der Waals surface area (Å²) in [5.74, 6) is -0.962. The van der Waals surface area contributed by atoms with Gasteiger partial charge in [0.1, 0.15) is 0 Å². The minimum absolute atomic E-state index is 0.247. The molecule has 4 nitrogen and oxygen atoms in total. The molecule has 2 rings (SSSR count). The van der Waals surface area contributed by atoms with Crippen molar-refractivity contribution in [3.8, 4) is 11.1 Å². The molecule has 0 saturated heterocycles. The Morgan fingerprint density at radius 1 is 1.00 bits per heavy atom. The molecule has 0 aliphatic carbocycles. The van der Waals surface area contributed by atoms with Gasteiger partial charge in [-0.15, -0.1) is 0 Å². The van der Waals surface area contributed by atoms with Crippen LogP contribution in [-0.4, -0.2) is 11.1 Å². The van der Waals surface area contributed by atoms with Crippen LogP contribution in [0.1, 0.15) is 10.4 Å². The van der Waals surface area contributed by atoms with Crippen molar-refractivity contribution in [3.63, 3.8) is 0 Å². The zero-order chi connectivity index (χ0) is 12.4. The molecular formula is C13H12N2O2. The van der Waals surface area contributed by atoms with Gasteiger partial charge in [-0.2, -0.15) is 0 Å². The predicted octanol–water partition coefficient (Wildman–Crippen LogP) is 2.22. The van der Waals surface area contributed by atoms with Crippen molar-refractivity contribution in [2.75, 3.05) is 11.5 Å². The molecule has 0 aliphatic heterocycles. The SMILES string of the molecule is Nc1ccc(-c2ccccc2C(=O)O)cc1N. The van der Waals surface area contributed by atoms with Crippen molar-refractivity contribution in [3.05, 3.63) is 48.0 Å². The highest BCUT2D eigenvalue weighted by Crippen LogP contribution is 2.27. The van der Waals surface area contributed by atoms with Crippen molar-refractivity contribution in [1.29, 1.82) is 0 Å². The average Bonchev–Trinajstić information content (AvgIpc) is 2.32. The van der Waals surface area contributed by atoms with E-state index in [0.717, 1.165) is 5.56 Å². The first-order chi connectivity index (χ1) is 8.09. The molecule has 0 bridgehead atoms. The summed E-state index contributed by atoms with van der Waals surface area (Å²) in [7, 11) is 0. The average molecular weight is 228 g/mol. The van der Waals surface area contributed by atoms with Gasteiger partial charge in [-0.25, -0.2) is 4.79 Å². The molecule has 0 saturated carbocycles. The van der Waals surface area contributed by atoms with Gasteiger partial charge in [-0.05, 0) is 29.3 Å². The van der Waals surface area contributed by atoms with Crippen molar-refractivity contribution < 1.29 is 9.90 Å². The van der Waals surface area contributed by atoms with Gasteiger partial charge < -0.3 is 16.6 Å². The Kier molecular flexibility index (Phi) is 2.70. The normalized spacial score (nSPS) is 10.1. The zero-order valence-corrected chi connectivity index (χ0v) is 9.05. The maximum atomic E-state index is 11.1. The summed E-state index contributed by atoms with van der Waals surface area (Å²) in [5, 5.41) is 9.09. The van der Waals surface area contributed by atoms with Gasteiger partial charge in [0.15, 0.2) is 0 Å². The highest BCUT2D eigenvalue weighted by atomic mass is 16.4. The molecule has 4 heteroatoms. The van der Waals surface area contributed by atoms with Crippen LogP contribution in [0, 0.1) is 0 Å². The minimum atomic E-state index is -0.962. The second-order valence-electron chi connectivity index (χ2n) is 3.69. The molecule has 0 fully saturated rings. The van der Waals surface area contributed by atoms with E-state index < -0.39 is 5.97 Å². The number of hydrogen-bond acceptors (Lipinski definition) is 3. The van der Waals surface area contributed by atoms with Crippen molar-refractivity contribution >= 4 is 17.3 Å². The quantitative estimate of drug-likeness (QED) is 0.687. The second kappa shape index (κ2) is 4.17. The molecule has 5 N–H and O–H groups in total. The van der Waals surface area contributed by atoms with E-state index in [4.69, 9.17) is 16.6 Å². The maximum absolute atomic E-state index is 11.1. The van der Waals surface area contributed by atoms with Crippen LogP contribution in [0.4, 0.5) is 11.4 Å². The smallest absolute Gasteiger partial charge is 0.336 e. The van der Waals surface area contributed by atoms with Gasteiger partial charge in [-0.3, -0.25) is 0 Å². The van der Waals surface area contributed by atoms with Crippen LogP contribution < -0.4 is 11.5 Å². The first-order valence-corrected chi connectivity index (χ1v) is 5.07. The third-order valence-electron chi connectivity index (χ3n) is 2.56. The van der Waals surface area contributed by atoms with E-state index in [-0.39, 0.29) is 5.56 Å². The lowest BCUT2D eigenvalue weighted by Crippen LogP contribution is -2.00. The number of aromatic carboxylic acids is 1. The lowest BCUT2D eigenvalue weighted by atomic mass is 9.99. The standard InChI is InChI=1S/C13H12N2O2/c14-11-6-5-8(7-12(11)15)9-3-1-2-4-10(9)13(16)17/h1-7H,14-15H2,(H,16,17). The lowest BCUT2D eigenvalue weighted by Gasteiger charge is -2.08. The van der Waals surface area contributed by atoms with Gasteiger partial charge in [0, 0.05) is 0 Å². The van der Waals surface area contributed by atoms with Crippen LogP contribution in [0.5, 0.6) is 0 Å². The molecule has 0 spiro atoms. The fourth-order valence-corrected chi connectivity index (χ4v) is 1.66. The summed E-state index contributed by atoms with van der Waals surface area (Å²) in [6.45, 7) is 0. The van der Waals surface area contributed by atoms with Crippen LogP contribution in [0.2, 0.25) is 0 Å².